The molecule has 2 aromatic rings. The van der Waals surface area contributed by atoms with Crippen LogP contribution in [0, 0.1) is 0 Å². The molecule has 12 heteroatoms. The van der Waals surface area contributed by atoms with Gasteiger partial charge in [-0.25, -0.2) is 9.97 Å². The average Bonchev–Trinajstić information content (AvgIpc) is 2.78. The van der Waals surface area contributed by atoms with E-state index in [9.17, 15) is 18.7 Å². The third-order valence-electron chi connectivity index (χ3n) is 4.97. The lowest BCUT2D eigenvalue weighted by molar-refractivity contribution is -0.0502. The quantitative estimate of drug-likeness (QED) is 0.402. The second-order valence-corrected chi connectivity index (χ2v) is 7.66. The number of anilines is 1. The Bertz CT molecular complexity index is 1060. The Kier molecular flexibility index (Phi) is 8.57. The Morgan fingerprint density at radius 3 is 2.35 bits per heavy atom. The molecule has 0 aliphatic rings. The van der Waals surface area contributed by atoms with Crippen LogP contribution in [-0.4, -0.2) is 60.5 Å². The van der Waals surface area contributed by atoms with Crippen LogP contribution < -0.4 is 30.6 Å². The first kappa shape index (κ1) is 26.6. The molecule has 5 N–H and O–H groups in total. The first-order chi connectivity index (χ1) is 16.0. The summed E-state index contributed by atoms with van der Waals surface area (Å²) in [7, 11) is 4.26. The number of alkyl halides is 2. The molecule has 186 valence electrons. The maximum absolute atomic E-state index is 13.1. The summed E-state index contributed by atoms with van der Waals surface area (Å²) in [4.78, 5) is 21.0. The van der Waals surface area contributed by atoms with E-state index in [0.29, 0.717) is 5.82 Å². The predicted molar refractivity (Wildman–Crippen MR) is 122 cm³/mol. The highest BCUT2D eigenvalue weighted by molar-refractivity contribution is 6.00. The Balaban J connectivity index is 2.59. The first-order valence-electron chi connectivity index (χ1n) is 10.2. The molecule has 0 aliphatic carbocycles. The molecule has 34 heavy (non-hydrogen) atoms. The van der Waals surface area contributed by atoms with Gasteiger partial charge in [-0.15, -0.1) is 0 Å². The summed E-state index contributed by atoms with van der Waals surface area (Å²) in [5.74, 6) is -0.373. The zero-order valence-electron chi connectivity index (χ0n) is 19.8. The molecule has 1 atom stereocenters. The number of ether oxygens (including phenoxy) is 3. The van der Waals surface area contributed by atoms with E-state index in [1.165, 1.54) is 38.7 Å². The largest absolute Gasteiger partial charge is 0.496 e. The second kappa shape index (κ2) is 11.0. The molecular weight excluding hydrogens is 452 g/mol. The van der Waals surface area contributed by atoms with Gasteiger partial charge in [-0.2, -0.15) is 8.78 Å². The highest BCUT2D eigenvalue weighted by atomic mass is 19.3. The number of hydrogen-bond donors (Lipinski definition) is 4. The van der Waals surface area contributed by atoms with E-state index in [2.05, 4.69) is 25.3 Å². The molecule has 1 aromatic heterocycles. The number of hydrogen-bond acceptors (Lipinski definition) is 9. The number of carbonyl (C=O) groups is 1. The predicted octanol–water partition coefficient (Wildman–Crippen LogP) is 2.37. The van der Waals surface area contributed by atoms with Crippen LogP contribution in [0.2, 0.25) is 0 Å². The Morgan fingerprint density at radius 1 is 1.21 bits per heavy atom. The number of nitrogens with two attached hydrogens (primary N) is 1. The summed E-state index contributed by atoms with van der Waals surface area (Å²) in [5.41, 5.74) is 5.03. The molecule has 0 spiro atoms. The lowest BCUT2D eigenvalue weighted by Crippen LogP contribution is -2.38. The number of amides is 1. The fourth-order valence-corrected chi connectivity index (χ4v) is 2.84. The van der Waals surface area contributed by atoms with Crippen molar-refractivity contribution >= 4 is 17.3 Å². The molecule has 1 amide bonds. The normalized spacial score (nSPS) is 12.8. The number of halogens is 2. The lowest BCUT2D eigenvalue weighted by Gasteiger charge is -2.27. The van der Waals surface area contributed by atoms with E-state index < -0.39 is 30.0 Å². The topological polar surface area (TPSA) is 141 Å². The van der Waals surface area contributed by atoms with Crippen molar-refractivity contribution < 1.29 is 32.9 Å². The van der Waals surface area contributed by atoms with Crippen LogP contribution in [0.5, 0.6) is 17.2 Å². The van der Waals surface area contributed by atoms with E-state index in [4.69, 9.17) is 15.2 Å². The molecule has 0 radical (unpaired) electrons. The van der Waals surface area contributed by atoms with Crippen LogP contribution in [0.25, 0.3) is 5.57 Å². The fourth-order valence-electron chi connectivity index (χ4n) is 2.84. The average molecular weight is 482 g/mol. The standard InChI is InChI=1S/C22H29F2N5O5/c1-11(22(2,3)31)33-16-10-28-18(29-19(16)26-4)13(9-25)12-7-14(32-6)17(20(30)27-5)15(8-12)34-21(23)24/h7-11,21,31H,25H2,1-6H3,(H,27,30)(H,26,28,29)/b13-9-/t11-/m1/s1. The highest BCUT2D eigenvalue weighted by Crippen LogP contribution is 2.36. The molecule has 1 heterocycles. The number of methoxy groups -OCH3 is 1. The molecule has 10 nitrogen and oxygen atoms in total. The molecule has 1 aromatic carbocycles. The Morgan fingerprint density at radius 2 is 1.85 bits per heavy atom. The van der Waals surface area contributed by atoms with Gasteiger partial charge in [-0.1, -0.05) is 0 Å². The summed E-state index contributed by atoms with van der Waals surface area (Å²) in [6, 6.07) is 2.66. The third-order valence-corrected chi connectivity index (χ3v) is 4.97. The van der Waals surface area contributed by atoms with Crippen molar-refractivity contribution in [3.05, 3.63) is 41.5 Å². The summed E-state index contributed by atoms with van der Waals surface area (Å²) in [5, 5.41) is 15.4. The molecule has 0 saturated heterocycles. The van der Waals surface area contributed by atoms with Crippen LogP contribution in [0.15, 0.2) is 24.5 Å². The van der Waals surface area contributed by atoms with Crippen molar-refractivity contribution in [3.8, 4) is 17.2 Å². The molecule has 2 rings (SSSR count). The van der Waals surface area contributed by atoms with Crippen LogP contribution >= 0.6 is 0 Å². The number of aliphatic hydroxyl groups is 1. The molecule has 0 saturated carbocycles. The van der Waals surface area contributed by atoms with Gasteiger partial charge in [0.05, 0.1) is 18.9 Å². The van der Waals surface area contributed by atoms with Crippen LogP contribution in [0.3, 0.4) is 0 Å². The molecule has 0 fully saturated rings. The van der Waals surface area contributed by atoms with Crippen molar-refractivity contribution in [2.24, 2.45) is 5.73 Å². The first-order valence-corrected chi connectivity index (χ1v) is 10.2. The van der Waals surface area contributed by atoms with E-state index in [1.807, 2.05) is 0 Å². The summed E-state index contributed by atoms with van der Waals surface area (Å²) < 4.78 is 41.8. The van der Waals surface area contributed by atoms with Gasteiger partial charge in [0, 0.05) is 25.9 Å². The van der Waals surface area contributed by atoms with E-state index in [-0.39, 0.29) is 34.0 Å². The van der Waals surface area contributed by atoms with Crippen molar-refractivity contribution in [2.75, 3.05) is 26.5 Å². The SMILES string of the molecule is CNC(=O)c1c(OC)cc(/C(=C/N)c2ncc(O[C@H](C)C(C)(C)O)c(NC)n2)cc1OC(F)F. The molecule has 0 unspecified atom stereocenters. The maximum atomic E-state index is 13.1. The van der Waals surface area contributed by atoms with Crippen LogP contribution in [0.4, 0.5) is 14.6 Å². The van der Waals surface area contributed by atoms with Crippen molar-refractivity contribution in [1.29, 1.82) is 0 Å². The number of rotatable bonds is 10. The smallest absolute Gasteiger partial charge is 0.387 e. The van der Waals surface area contributed by atoms with Crippen molar-refractivity contribution in [1.82, 2.24) is 15.3 Å². The van der Waals surface area contributed by atoms with Gasteiger partial charge in [0.1, 0.15) is 23.2 Å². The second-order valence-electron chi connectivity index (χ2n) is 7.66. The van der Waals surface area contributed by atoms with Gasteiger partial charge in [-0.05, 0) is 38.5 Å². The minimum atomic E-state index is -3.19. The van der Waals surface area contributed by atoms with Gasteiger partial charge >= 0.3 is 6.61 Å². The summed E-state index contributed by atoms with van der Waals surface area (Å²) in [6.45, 7) is 1.73. The maximum Gasteiger partial charge on any atom is 0.387 e. The van der Waals surface area contributed by atoms with Gasteiger partial charge in [0.15, 0.2) is 17.4 Å². The molecular formula is C22H29F2N5O5. The highest BCUT2D eigenvalue weighted by Gasteiger charge is 2.27. The Labute approximate surface area is 196 Å². The van der Waals surface area contributed by atoms with Gasteiger partial charge in [-0.3, -0.25) is 4.79 Å². The number of nitrogens with one attached hydrogen (secondary N) is 2. The summed E-state index contributed by atoms with van der Waals surface area (Å²) >= 11 is 0. The number of benzene rings is 1. The monoisotopic (exact) mass is 481 g/mol. The zero-order valence-corrected chi connectivity index (χ0v) is 19.8. The van der Waals surface area contributed by atoms with E-state index in [1.54, 1.807) is 27.8 Å². The van der Waals surface area contributed by atoms with Gasteiger partial charge in [0.2, 0.25) is 0 Å². The number of carbonyl (C=O) groups excluding carboxylic acids is 1. The molecule has 0 bridgehead atoms. The minimum Gasteiger partial charge on any atom is -0.496 e. The van der Waals surface area contributed by atoms with Gasteiger partial charge < -0.3 is 35.7 Å². The van der Waals surface area contributed by atoms with E-state index in [0.717, 1.165) is 0 Å². The van der Waals surface area contributed by atoms with Crippen LogP contribution in [-0.2, 0) is 0 Å². The van der Waals surface area contributed by atoms with Crippen molar-refractivity contribution in [3.63, 3.8) is 0 Å². The Hall–Kier alpha value is -3.67. The van der Waals surface area contributed by atoms with E-state index >= 15 is 0 Å². The van der Waals surface area contributed by atoms with Crippen molar-refractivity contribution in [2.45, 2.75) is 39.1 Å². The number of aromatic nitrogens is 2. The van der Waals surface area contributed by atoms with Gasteiger partial charge in [0.25, 0.3) is 5.91 Å². The third kappa shape index (κ3) is 6.01. The number of nitrogens with zero attached hydrogens (tertiary/aromatic N) is 2. The summed E-state index contributed by atoms with van der Waals surface area (Å²) in [6.07, 6.45) is 2.01. The molecule has 0 aliphatic heterocycles. The fraction of sp³-hybridized carbons (Fsp3) is 0.409. The van der Waals surface area contributed by atoms with Crippen LogP contribution in [0.1, 0.15) is 42.5 Å². The lowest BCUT2D eigenvalue weighted by atomic mass is 10.0. The minimum absolute atomic E-state index is 0.0142. The zero-order chi connectivity index (χ0) is 25.6.